The summed E-state index contributed by atoms with van der Waals surface area (Å²) in [6.07, 6.45) is 5.38. The second-order valence-corrected chi connectivity index (χ2v) is 7.44. The van der Waals surface area contributed by atoms with Gasteiger partial charge in [-0.15, -0.1) is 11.6 Å². The van der Waals surface area contributed by atoms with Crippen molar-refractivity contribution in [2.24, 2.45) is 4.99 Å². The lowest BCUT2D eigenvalue weighted by atomic mass is 10.0. The molecular weight excluding hydrogens is 425 g/mol. The summed E-state index contributed by atoms with van der Waals surface area (Å²) in [5.41, 5.74) is 2.31. The molecule has 0 bridgehead atoms. The molecule has 2 aliphatic heterocycles. The third kappa shape index (κ3) is 4.55. The number of methoxy groups -OCH3 is 1. The maximum absolute atomic E-state index is 13.2. The number of ether oxygens (including phenoxy) is 2. The maximum Gasteiger partial charge on any atom is 0.282 e. The van der Waals surface area contributed by atoms with Gasteiger partial charge in [-0.2, -0.15) is 4.99 Å². The van der Waals surface area contributed by atoms with Crippen LogP contribution >= 0.6 is 0 Å². The summed E-state index contributed by atoms with van der Waals surface area (Å²) in [5, 5.41) is 9.61. The van der Waals surface area contributed by atoms with Gasteiger partial charge in [0.25, 0.3) is 5.91 Å². The number of benzene rings is 2. The first-order chi connectivity index (χ1) is 15.9. The summed E-state index contributed by atoms with van der Waals surface area (Å²) in [7, 11) is 1.52. The van der Waals surface area contributed by atoms with Gasteiger partial charge in [-0.05, 0) is 54.8 Å². The quantitative estimate of drug-likeness (QED) is 0.496. The number of amidine groups is 2. The lowest BCUT2D eigenvalue weighted by Crippen LogP contribution is -2.38. The highest BCUT2D eigenvalue weighted by Gasteiger charge is 2.34. The summed E-state index contributed by atoms with van der Waals surface area (Å²) in [4.78, 5) is 22.0. The fraction of sp³-hybridized carbons (Fsp3) is 0.160. The Labute approximate surface area is 190 Å². The van der Waals surface area contributed by atoms with E-state index in [-0.39, 0.29) is 29.7 Å². The summed E-state index contributed by atoms with van der Waals surface area (Å²) >= 11 is 0. The number of carbonyl (C=O) groups excluding carboxylic acids is 1. The number of hydrogen-bond donors (Lipinski definition) is 1. The van der Waals surface area contributed by atoms with Crippen molar-refractivity contribution in [2.45, 2.75) is 20.0 Å². The fourth-order valence-electron chi connectivity index (χ4n) is 3.49. The Morgan fingerprint density at radius 3 is 2.73 bits per heavy atom. The topological polar surface area (TPSA) is 84.2 Å². The third-order valence-corrected chi connectivity index (χ3v) is 5.03. The summed E-state index contributed by atoms with van der Waals surface area (Å²) in [6, 6.07) is 9.61. The Hall–Kier alpha value is -4.20. The molecular formula is C25H22FN3O4. The predicted octanol–water partition coefficient (Wildman–Crippen LogP) is 4.59. The van der Waals surface area contributed by atoms with Gasteiger partial charge in [0.05, 0.1) is 12.7 Å². The van der Waals surface area contributed by atoms with Gasteiger partial charge in [0, 0.05) is 11.6 Å². The van der Waals surface area contributed by atoms with E-state index >= 15 is 0 Å². The highest BCUT2D eigenvalue weighted by molar-refractivity contribution is 6.32. The van der Waals surface area contributed by atoms with Crippen LogP contribution in [0.4, 0.5) is 4.39 Å². The van der Waals surface area contributed by atoms with Crippen LogP contribution in [-0.2, 0) is 22.7 Å². The van der Waals surface area contributed by atoms with E-state index in [0.29, 0.717) is 29.2 Å². The largest absolute Gasteiger partial charge is 0.493 e. The number of aliphatic imine (C=N–C) groups is 1. The molecule has 2 heterocycles. The Morgan fingerprint density at radius 1 is 1.27 bits per heavy atom. The molecule has 0 aliphatic carbocycles. The predicted molar refractivity (Wildman–Crippen MR) is 122 cm³/mol. The molecule has 0 fully saturated rings. The van der Waals surface area contributed by atoms with Crippen molar-refractivity contribution in [3.8, 4) is 11.5 Å². The monoisotopic (exact) mass is 447 g/mol. The molecule has 0 spiro atoms. The Balaban J connectivity index is 1.66. The molecule has 1 amide bonds. The van der Waals surface area contributed by atoms with Gasteiger partial charge in [0.15, 0.2) is 23.2 Å². The Morgan fingerprint density at radius 2 is 2.03 bits per heavy atom. The molecule has 0 saturated heterocycles. The van der Waals surface area contributed by atoms with Gasteiger partial charge in [-0.1, -0.05) is 18.2 Å². The van der Waals surface area contributed by atoms with Crippen molar-refractivity contribution in [3.63, 3.8) is 0 Å². The summed E-state index contributed by atoms with van der Waals surface area (Å²) < 4.78 is 24.7. The van der Waals surface area contributed by atoms with E-state index in [1.54, 1.807) is 43.4 Å². The van der Waals surface area contributed by atoms with Crippen LogP contribution in [0.15, 0.2) is 71.5 Å². The number of amides is 1. The van der Waals surface area contributed by atoms with Crippen molar-refractivity contribution in [1.29, 1.82) is 5.41 Å². The molecule has 2 aliphatic rings. The number of nitrogens with zero attached hydrogens (tertiary/aromatic N) is 2. The van der Waals surface area contributed by atoms with Crippen LogP contribution in [0.5, 0.6) is 11.5 Å². The molecule has 0 radical (unpaired) electrons. The Kier molecular flexibility index (Phi) is 6.08. The molecule has 2 aromatic carbocycles. The first kappa shape index (κ1) is 22.0. The van der Waals surface area contributed by atoms with Crippen LogP contribution in [0.1, 0.15) is 23.6 Å². The van der Waals surface area contributed by atoms with E-state index in [0.717, 1.165) is 11.1 Å². The highest BCUT2D eigenvalue weighted by Crippen LogP contribution is 2.35. The molecule has 168 valence electrons. The lowest BCUT2D eigenvalue weighted by Gasteiger charge is -2.23. The van der Waals surface area contributed by atoms with Crippen molar-refractivity contribution in [3.05, 3.63) is 89.0 Å². The van der Waals surface area contributed by atoms with Crippen molar-refractivity contribution in [2.75, 3.05) is 7.11 Å². The van der Waals surface area contributed by atoms with E-state index in [1.165, 1.54) is 24.3 Å². The first-order valence-electron chi connectivity index (χ1n) is 10.2. The average molecular weight is 447 g/mol. The molecule has 0 atom stereocenters. The zero-order chi connectivity index (χ0) is 23.5. The van der Waals surface area contributed by atoms with Gasteiger partial charge < -0.3 is 14.3 Å². The van der Waals surface area contributed by atoms with E-state index in [9.17, 15) is 9.18 Å². The molecule has 0 unspecified atom stereocenters. The first-order valence-corrected chi connectivity index (χ1v) is 10.2. The zero-order valence-electron chi connectivity index (χ0n) is 18.2. The minimum atomic E-state index is -0.526. The van der Waals surface area contributed by atoms with E-state index in [4.69, 9.17) is 19.7 Å². The van der Waals surface area contributed by atoms with Crippen LogP contribution < -0.4 is 9.47 Å². The third-order valence-electron chi connectivity index (χ3n) is 5.03. The van der Waals surface area contributed by atoms with Crippen LogP contribution in [0.3, 0.4) is 0 Å². The summed E-state index contributed by atoms with van der Waals surface area (Å²) in [5.74, 6) is 0.875. The van der Waals surface area contributed by atoms with E-state index in [2.05, 4.69) is 11.6 Å². The van der Waals surface area contributed by atoms with Gasteiger partial charge in [0.2, 0.25) is 0 Å². The maximum atomic E-state index is 13.2. The lowest BCUT2D eigenvalue weighted by molar-refractivity contribution is -0.114. The molecule has 1 N–H and O–H groups in total. The molecule has 4 rings (SSSR count). The highest BCUT2D eigenvalue weighted by atomic mass is 19.1. The van der Waals surface area contributed by atoms with Gasteiger partial charge in [-0.3, -0.25) is 10.2 Å². The molecule has 7 nitrogen and oxygen atoms in total. The van der Waals surface area contributed by atoms with Crippen molar-refractivity contribution in [1.82, 2.24) is 5.06 Å². The van der Waals surface area contributed by atoms with Gasteiger partial charge >= 0.3 is 0 Å². The van der Waals surface area contributed by atoms with Crippen molar-refractivity contribution < 1.29 is 23.5 Å². The number of fused-ring (bicyclic) bond motifs is 1. The van der Waals surface area contributed by atoms with E-state index < -0.39 is 5.91 Å². The normalized spacial score (nSPS) is 16.2. The number of carbonyl (C=O) groups is 1. The van der Waals surface area contributed by atoms with E-state index in [1.807, 2.05) is 6.07 Å². The second-order valence-electron chi connectivity index (χ2n) is 7.44. The van der Waals surface area contributed by atoms with Crippen LogP contribution in [0.25, 0.3) is 6.08 Å². The second kappa shape index (κ2) is 9.12. The van der Waals surface area contributed by atoms with Gasteiger partial charge in [-0.25, -0.2) is 4.39 Å². The molecule has 2 aromatic rings. The fourth-order valence-corrected chi connectivity index (χ4v) is 3.49. The number of allylic oxidation sites excluding steroid dienone is 2. The molecule has 33 heavy (non-hydrogen) atoms. The minimum Gasteiger partial charge on any atom is -0.493 e. The number of hydroxylamine groups is 2. The number of hydrogen-bond acceptors (Lipinski definition) is 5. The molecule has 0 saturated carbocycles. The SMILES string of the molecule is C=CCc1cc(/C=C2\C(=N)N3OC(C)=CC3=NC2=O)cc(OC)c1OCc1ccc(F)cc1. The molecule has 0 aromatic heterocycles. The van der Waals surface area contributed by atoms with Crippen LogP contribution in [0, 0.1) is 11.2 Å². The minimum absolute atomic E-state index is 0.0911. The van der Waals surface area contributed by atoms with Crippen LogP contribution in [-0.4, -0.2) is 29.8 Å². The Bertz CT molecular complexity index is 1230. The smallest absolute Gasteiger partial charge is 0.282 e. The van der Waals surface area contributed by atoms with Crippen molar-refractivity contribution >= 4 is 23.7 Å². The number of halogens is 1. The number of nitrogens with one attached hydrogen (secondary N) is 1. The number of rotatable bonds is 7. The zero-order valence-corrected chi connectivity index (χ0v) is 18.2. The average Bonchev–Trinajstić information content (AvgIpc) is 3.17. The van der Waals surface area contributed by atoms with Crippen LogP contribution in [0.2, 0.25) is 0 Å². The van der Waals surface area contributed by atoms with Gasteiger partial charge in [0.1, 0.15) is 18.2 Å². The molecule has 8 heteroatoms. The summed E-state index contributed by atoms with van der Waals surface area (Å²) in [6.45, 7) is 5.75. The standard InChI is InChI=1S/C25H22FN3O4/c1-4-5-18-11-17(12-20-24(27)29-22(28-25(20)30)10-15(2)33-29)13-21(31-3)23(18)32-14-16-6-8-19(26)9-7-16/h4,6-13,27H,1,5,14H2,2-3H3/b20-12+,27-24?.